The van der Waals surface area contributed by atoms with Crippen molar-refractivity contribution in [3.05, 3.63) is 12.2 Å². The Morgan fingerprint density at radius 3 is 1.75 bits per heavy atom. The minimum Gasteiger partial charge on any atom is -0.392 e. The first-order valence-corrected chi connectivity index (χ1v) is 10.1. The third-order valence-corrected chi connectivity index (χ3v) is 4.95. The molecule has 3 heteroatoms. The fraction of sp³-hybridized carbons (Fsp3) is 0.810. The minimum atomic E-state index is -0.390. The highest BCUT2D eigenvalue weighted by Crippen LogP contribution is 2.24. The minimum absolute atomic E-state index is 0.323. The van der Waals surface area contributed by atoms with Crippen LogP contribution in [0.25, 0.3) is 0 Å². The van der Waals surface area contributed by atoms with E-state index in [1.165, 1.54) is 70.6 Å². The van der Waals surface area contributed by atoms with Gasteiger partial charge in [0.25, 0.3) is 0 Å². The van der Waals surface area contributed by atoms with Crippen LogP contribution in [0.4, 0.5) is 0 Å². The molecular weight excluding hydrogens is 300 g/mol. The van der Waals surface area contributed by atoms with Crippen molar-refractivity contribution in [2.75, 3.05) is 0 Å². The molecule has 0 bridgehead atoms. The zero-order chi connectivity index (χ0) is 17.6. The van der Waals surface area contributed by atoms with Gasteiger partial charge in [-0.1, -0.05) is 96.6 Å². The summed E-state index contributed by atoms with van der Waals surface area (Å²) in [6.45, 7) is 4.02. The summed E-state index contributed by atoms with van der Waals surface area (Å²) in [5.41, 5.74) is 0. The number of hydrogen-bond donors (Lipinski definition) is 0. The lowest BCUT2D eigenvalue weighted by Gasteiger charge is -2.03. The lowest BCUT2D eigenvalue weighted by Crippen LogP contribution is -2.11. The fourth-order valence-electron chi connectivity index (χ4n) is 3.20. The molecule has 2 atom stereocenters. The molecule has 1 rings (SSSR count). The van der Waals surface area contributed by atoms with Crippen molar-refractivity contribution < 1.29 is 14.3 Å². The van der Waals surface area contributed by atoms with Crippen LogP contribution in [0.3, 0.4) is 0 Å². The van der Waals surface area contributed by atoms with Crippen molar-refractivity contribution in [3.8, 4) is 0 Å². The van der Waals surface area contributed by atoms with Gasteiger partial charge in [-0.15, -0.1) is 0 Å². The van der Waals surface area contributed by atoms with Crippen molar-refractivity contribution in [2.24, 2.45) is 11.8 Å². The Kier molecular flexibility index (Phi) is 11.5. The third-order valence-electron chi connectivity index (χ3n) is 4.95. The third kappa shape index (κ3) is 8.65. The Morgan fingerprint density at radius 2 is 1.29 bits per heavy atom. The number of ether oxygens (including phenoxy) is 1. The summed E-state index contributed by atoms with van der Waals surface area (Å²) in [4.78, 5) is 22.7. The van der Waals surface area contributed by atoms with Gasteiger partial charge in [0.2, 0.25) is 0 Å². The number of hydrogen-bond acceptors (Lipinski definition) is 3. The SMILES string of the molecule is CCCCCCCCCCCCCC/C=C\C1C(=O)OC(=O)C1C. The molecule has 0 saturated carbocycles. The molecule has 0 N–H and O–H groups in total. The van der Waals surface area contributed by atoms with E-state index in [2.05, 4.69) is 11.7 Å². The Balaban J connectivity index is 1.88. The van der Waals surface area contributed by atoms with Crippen LogP contribution < -0.4 is 0 Å². The van der Waals surface area contributed by atoms with Crippen molar-refractivity contribution in [1.82, 2.24) is 0 Å². The zero-order valence-electron chi connectivity index (χ0n) is 15.7. The largest absolute Gasteiger partial charge is 0.392 e. The zero-order valence-corrected chi connectivity index (χ0v) is 15.7. The maximum Gasteiger partial charge on any atom is 0.321 e. The summed E-state index contributed by atoms with van der Waals surface area (Å²) in [5, 5.41) is 0. The molecule has 1 aliphatic rings. The average Bonchev–Trinajstić information content (AvgIpc) is 2.81. The molecule has 0 aromatic rings. The van der Waals surface area contributed by atoms with Crippen LogP contribution in [0.1, 0.15) is 97.3 Å². The average molecular weight is 337 g/mol. The molecular formula is C21H36O3. The first kappa shape index (κ1) is 20.9. The molecule has 2 unspecified atom stereocenters. The molecule has 0 aliphatic carbocycles. The van der Waals surface area contributed by atoms with E-state index < -0.39 is 5.97 Å². The van der Waals surface area contributed by atoms with Crippen molar-refractivity contribution in [3.63, 3.8) is 0 Å². The summed E-state index contributed by atoms with van der Waals surface area (Å²) in [5.74, 6) is -1.47. The Bertz CT molecular complexity index is 387. The van der Waals surface area contributed by atoms with E-state index >= 15 is 0 Å². The highest BCUT2D eigenvalue weighted by Gasteiger charge is 2.39. The van der Waals surface area contributed by atoms with Gasteiger partial charge in [0.1, 0.15) is 0 Å². The van der Waals surface area contributed by atoms with Crippen LogP contribution in [0.5, 0.6) is 0 Å². The highest BCUT2D eigenvalue weighted by molar-refractivity contribution is 5.97. The number of carbonyl (C=O) groups excluding carboxylic acids is 2. The van der Waals surface area contributed by atoms with Gasteiger partial charge in [-0.2, -0.15) is 0 Å². The van der Waals surface area contributed by atoms with Gasteiger partial charge < -0.3 is 4.74 Å². The molecule has 1 fully saturated rings. The summed E-state index contributed by atoms with van der Waals surface area (Å²) >= 11 is 0. The molecule has 1 saturated heterocycles. The van der Waals surface area contributed by atoms with Crippen LogP contribution in [-0.4, -0.2) is 11.9 Å². The molecule has 0 spiro atoms. The normalized spacial score (nSPS) is 20.9. The van der Waals surface area contributed by atoms with Gasteiger partial charge >= 0.3 is 11.9 Å². The summed E-state index contributed by atoms with van der Waals surface area (Å²) < 4.78 is 4.63. The van der Waals surface area contributed by atoms with Gasteiger partial charge in [-0.25, -0.2) is 0 Å². The van der Waals surface area contributed by atoms with Crippen molar-refractivity contribution in [2.45, 2.75) is 97.3 Å². The summed E-state index contributed by atoms with van der Waals surface area (Å²) in [6.07, 6.45) is 21.1. The van der Waals surface area contributed by atoms with Crippen LogP contribution in [-0.2, 0) is 14.3 Å². The Labute approximate surface area is 148 Å². The topological polar surface area (TPSA) is 43.4 Å². The molecule has 1 aliphatic heterocycles. The number of cyclic esters (lactones) is 2. The standard InChI is InChI=1S/C21H36O3/c1-3-4-5-6-7-8-9-10-11-12-13-14-15-16-17-19-18(2)20(22)24-21(19)23/h16-19H,3-15H2,1-2H3/b17-16-. The summed E-state index contributed by atoms with van der Waals surface area (Å²) in [6, 6.07) is 0. The molecule has 1 heterocycles. The molecule has 3 nitrogen and oxygen atoms in total. The smallest absolute Gasteiger partial charge is 0.321 e. The number of rotatable bonds is 14. The number of unbranched alkanes of at least 4 members (excludes halogenated alkanes) is 12. The molecule has 24 heavy (non-hydrogen) atoms. The maximum absolute atomic E-state index is 11.5. The van der Waals surface area contributed by atoms with E-state index in [0.29, 0.717) is 0 Å². The van der Waals surface area contributed by atoms with Gasteiger partial charge in [0.15, 0.2) is 0 Å². The van der Waals surface area contributed by atoms with Crippen LogP contribution in [0.2, 0.25) is 0 Å². The number of allylic oxidation sites excluding steroid dienone is 1. The monoisotopic (exact) mass is 336 g/mol. The Morgan fingerprint density at radius 1 is 0.792 bits per heavy atom. The molecule has 0 aromatic carbocycles. The van der Waals surface area contributed by atoms with Crippen LogP contribution in [0, 0.1) is 11.8 Å². The number of esters is 2. The molecule has 0 amide bonds. The first-order valence-electron chi connectivity index (χ1n) is 10.1. The van der Waals surface area contributed by atoms with Gasteiger partial charge in [-0.3, -0.25) is 9.59 Å². The van der Waals surface area contributed by atoms with E-state index in [0.717, 1.165) is 12.8 Å². The first-order chi connectivity index (χ1) is 11.7. The van der Waals surface area contributed by atoms with Crippen molar-refractivity contribution in [1.29, 1.82) is 0 Å². The maximum atomic E-state index is 11.5. The van der Waals surface area contributed by atoms with Gasteiger partial charge in [0, 0.05) is 0 Å². The van der Waals surface area contributed by atoms with Gasteiger partial charge in [0.05, 0.1) is 11.8 Å². The second-order valence-corrected chi connectivity index (χ2v) is 7.16. The number of carbonyl (C=O) groups is 2. The van der Waals surface area contributed by atoms with E-state index in [1.807, 2.05) is 12.2 Å². The van der Waals surface area contributed by atoms with Gasteiger partial charge in [-0.05, 0) is 12.8 Å². The lowest BCUT2D eigenvalue weighted by atomic mass is 9.96. The second-order valence-electron chi connectivity index (χ2n) is 7.16. The van der Waals surface area contributed by atoms with E-state index in [-0.39, 0.29) is 17.8 Å². The quantitative estimate of drug-likeness (QED) is 0.170. The second kappa shape index (κ2) is 13.2. The van der Waals surface area contributed by atoms with Crippen molar-refractivity contribution >= 4 is 11.9 Å². The van der Waals surface area contributed by atoms with E-state index in [9.17, 15) is 9.59 Å². The summed E-state index contributed by atoms with van der Waals surface area (Å²) in [7, 11) is 0. The lowest BCUT2D eigenvalue weighted by molar-refractivity contribution is -0.153. The van der Waals surface area contributed by atoms with E-state index in [1.54, 1.807) is 6.92 Å². The fourth-order valence-corrected chi connectivity index (χ4v) is 3.20. The van der Waals surface area contributed by atoms with Crippen LogP contribution >= 0.6 is 0 Å². The Hall–Kier alpha value is -1.12. The predicted molar refractivity (Wildman–Crippen MR) is 98.6 cm³/mol. The molecule has 0 aromatic heterocycles. The van der Waals surface area contributed by atoms with E-state index in [4.69, 9.17) is 0 Å². The highest BCUT2D eigenvalue weighted by atomic mass is 16.6. The predicted octanol–water partition coefficient (Wildman–Crippen LogP) is 5.97. The molecule has 0 radical (unpaired) electrons. The van der Waals surface area contributed by atoms with Crippen LogP contribution in [0.15, 0.2) is 12.2 Å². The molecule has 138 valence electrons.